The Morgan fingerprint density at radius 2 is 1.97 bits per heavy atom. The zero-order valence-electron chi connectivity index (χ0n) is 16.7. The summed E-state index contributed by atoms with van der Waals surface area (Å²) >= 11 is 6.53. The van der Waals surface area contributed by atoms with Crippen molar-refractivity contribution >= 4 is 33.2 Å². The SMILES string of the molecule is Cc1cc(-c2cccc(S(C)(=O)=O)c2)c(Cl)cc1C1C(=O)OC2(CCCNC2)C1=O. The molecule has 2 unspecified atom stereocenters. The summed E-state index contributed by atoms with van der Waals surface area (Å²) in [6, 6.07) is 9.92. The van der Waals surface area contributed by atoms with Gasteiger partial charge in [-0.3, -0.25) is 9.59 Å². The van der Waals surface area contributed by atoms with Gasteiger partial charge in [0.15, 0.2) is 21.2 Å². The minimum absolute atomic E-state index is 0.194. The molecule has 158 valence electrons. The van der Waals surface area contributed by atoms with Crippen molar-refractivity contribution in [2.24, 2.45) is 0 Å². The number of esters is 1. The Labute approximate surface area is 180 Å². The van der Waals surface area contributed by atoms with Gasteiger partial charge in [0, 0.05) is 23.4 Å². The number of benzene rings is 2. The third-order valence-electron chi connectivity index (χ3n) is 5.83. The summed E-state index contributed by atoms with van der Waals surface area (Å²) in [6.07, 6.45) is 2.43. The van der Waals surface area contributed by atoms with Crippen LogP contribution in [-0.2, 0) is 24.2 Å². The summed E-state index contributed by atoms with van der Waals surface area (Å²) in [5, 5.41) is 3.48. The number of carbonyl (C=O) groups is 2. The van der Waals surface area contributed by atoms with Crippen LogP contribution in [0.4, 0.5) is 0 Å². The van der Waals surface area contributed by atoms with Crippen molar-refractivity contribution in [3.8, 4) is 11.1 Å². The maximum Gasteiger partial charge on any atom is 0.322 e. The number of carbonyl (C=O) groups excluding carboxylic acids is 2. The summed E-state index contributed by atoms with van der Waals surface area (Å²) in [4.78, 5) is 26.0. The highest BCUT2D eigenvalue weighted by atomic mass is 35.5. The lowest BCUT2D eigenvalue weighted by atomic mass is 9.81. The Balaban J connectivity index is 1.74. The first-order valence-corrected chi connectivity index (χ1v) is 12.0. The first kappa shape index (κ1) is 21.0. The fraction of sp³-hybridized carbons (Fsp3) is 0.364. The van der Waals surface area contributed by atoms with Crippen molar-refractivity contribution in [1.82, 2.24) is 5.32 Å². The molecule has 0 bridgehead atoms. The number of piperidine rings is 1. The molecule has 2 heterocycles. The Hall–Kier alpha value is -2.22. The van der Waals surface area contributed by atoms with Crippen LogP contribution >= 0.6 is 11.6 Å². The topological polar surface area (TPSA) is 89.5 Å². The number of sulfone groups is 1. The standard InChI is InChI=1S/C22H22ClNO5S/c1-13-9-17(14-5-3-6-15(10-14)30(2,27)28)18(23)11-16(13)19-20(25)22(29-21(19)26)7-4-8-24-12-22/h3,5-6,9-11,19,24H,4,7-8,12H2,1-2H3. The molecule has 2 aromatic rings. The Bertz CT molecular complexity index is 1150. The molecular weight excluding hydrogens is 426 g/mol. The normalized spacial score (nSPS) is 24.3. The smallest absolute Gasteiger partial charge is 0.322 e. The Morgan fingerprint density at radius 3 is 2.63 bits per heavy atom. The van der Waals surface area contributed by atoms with Crippen LogP contribution in [0.5, 0.6) is 0 Å². The summed E-state index contributed by atoms with van der Waals surface area (Å²) in [5.74, 6) is -1.78. The van der Waals surface area contributed by atoms with Gasteiger partial charge in [-0.15, -0.1) is 0 Å². The monoisotopic (exact) mass is 447 g/mol. The maximum atomic E-state index is 13.2. The Kier molecular flexibility index (Phi) is 5.24. The van der Waals surface area contributed by atoms with Crippen molar-refractivity contribution in [3.05, 3.63) is 52.5 Å². The van der Waals surface area contributed by atoms with Crippen LogP contribution in [0.1, 0.15) is 29.9 Å². The van der Waals surface area contributed by atoms with Gasteiger partial charge in [-0.1, -0.05) is 23.7 Å². The molecule has 0 radical (unpaired) electrons. The van der Waals surface area contributed by atoms with Gasteiger partial charge in [-0.05, 0) is 67.3 Å². The zero-order valence-corrected chi connectivity index (χ0v) is 18.3. The molecular formula is C22H22ClNO5S. The van der Waals surface area contributed by atoms with Crippen molar-refractivity contribution in [1.29, 1.82) is 0 Å². The van der Waals surface area contributed by atoms with Crippen LogP contribution in [0.2, 0.25) is 5.02 Å². The number of ether oxygens (including phenoxy) is 1. The quantitative estimate of drug-likeness (QED) is 0.574. The lowest BCUT2D eigenvalue weighted by Crippen LogP contribution is -2.50. The van der Waals surface area contributed by atoms with Crippen LogP contribution in [0.25, 0.3) is 11.1 Å². The molecule has 0 saturated carbocycles. The van der Waals surface area contributed by atoms with E-state index in [0.29, 0.717) is 34.7 Å². The van der Waals surface area contributed by atoms with Crippen molar-refractivity contribution in [2.75, 3.05) is 19.3 Å². The third kappa shape index (κ3) is 3.55. The number of ketones is 1. The van der Waals surface area contributed by atoms with Crippen LogP contribution < -0.4 is 5.32 Å². The summed E-state index contributed by atoms with van der Waals surface area (Å²) < 4.78 is 29.3. The summed E-state index contributed by atoms with van der Waals surface area (Å²) in [5.41, 5.74) is 1.43. The van der Waals surface area contributed by atoms with Gasteiger partial charge >= 0.3 is 5.97 Å². The molecule has 6 nitrogen and oxygen atoms in total. The minimum Gasteiger partial charge on any atom is -0.449 e. The van der Waals surface area contributed by atoms with Gasteiger partial charge in [0.2, 0.25) is 0 Å². The number of nitrogens with one attached hydrogen (secondary N) is 1. The van der Waals surface area contributed by atoms with E-state index in [1.165, 1.54) is 6.07 Å². The molecule has 30 heavy (non-hydrogen) atoms. The molecule has 2 aliphatic heterocycles. The molecule has 4 rings (SSSR count). The van der Waals surface area contributed by atoms with E-state index in [9.17, 15) is 18.0 Å². The second-order valence-corrected chi connectivity index (χ2v) is 10.4. The van der Waals surface area contributed by atoms with E-state index in [1.807, 2.05) is 0 Å². The molecule has 0 amide bonds. The number of hydrogen-bond acceptors (Lipinski definition) is 6. The van der Waals surface area contributed by atoms with Gasteiger partial charge < -0.3 is 10.1 Å². The molecule has 2 atom stereocenters. The summed E-state index contributed by atoms with van der Waals surface area (Å²) in [7, 11) is -3.36. The number of Topliss-reactive ketones (excluding diaryl/α,β-unsaturated/α-hetero) is 1. The minimum atomic E-state index is -3.36. The second kappa shape index (κ2) is 7.48. The highest BCUT2D eigenvalue weighted by molar-refractivity contribution is 7.90. The van der Waals surface area contributed by atoms with Gasteiger partial charge in [0.1, 0.15) is 5.92 Å². The van der Waals surface area contributed by atoms with Crippen LogP contribution in [-0.4, -0.2) is 45.1 Å². The number of hydrogen-bond donors (Lipinski definition) is 1. The van der Waals surface area contributed by atoms with Gasteiger partial charge in [0.05, 0.1) is 4.90 Å². The van der Waals surface area contributed by atoms with Gasteiger partial charge in [-0.25, -0.2) is 8.42 Å². The number of aryl methyl sites for hydroxylation is 1. The van der Waals surface area contributed by atoms with E-state index < -0.39 is 27.3 Å². The average molecular weight is 448 g/mol. The predicted octanol–water partition coefficient (Wildman–Crippen LogP) is 3.05. The van der Waals surface area contributed by atoms with E-state index in [4.69, 9.17) is 16.3 Å². The van der Waals surface area contributed by atoms with Crippen molar-refractivity contribution in [3.63, 3.8) is 0 Å². The summed E-state index contributed by atoms with van der Waals surface area (Å²) in [6.45, 7) is 2.93. The molecule has 8 heteroatoms. The van der Waals surface area contributed by atoms with E-state index in [2.05, 4.69) is 5.32 Å². The van der Waals surface area contributed by atoms with Crippen molar-refractivity contribution in [2.45, 2.75) is 36.2 Å². The van der Waals surface area contributed by atoms with Crippen LogP contribution in [0, 0.1) is 6.92 Å². The highest BCUT2D eigenvalue weighted by Gasteiger charge is 2.56. The van der Waals surface area contributed by atoms with E-state index in [0.717, 1.165) is 24.8 Å². The fourth-order valence-electron chi connectivity index (χ4n) is 4.24. The van der Waals surface area contributed by atoms with Crippen LogP contribution in [0.3, 0.4) is 0 Å². The first-order valence-electron chi connectivity index (χ1n) is 9.71. The predicted molar refractivity (Wildman–Crippen MR) is 113 cm³/mol. The third-order valence-corrected chi connectivity index (χ3v) is 7.25. The lowest BCUT2D eigenvalue weighted by Gasteiger charge is -2.30. The van der Waals surface area contributed by atoms with Gasteiger partial charge in [-0.2, -0.15) is 0 Å². The molecule has 0 aromatic heterocycles. The maximum absolute atomic E-state index is 13.2. The highest BCUT2D eigenvalue weighted by Crippen LogP contribution is 2.41. The molecule has 2 aromatic carbocycles. The Morgan fingerprint density at radius 1 is 1.20 bits per heavy atom. The molecule has 1 spiro atoms. The number of rotatable bonds is 3. The number of halogens is 1. The van der Waals surface area contributed by atoms with Crippen LogP contribution in [0.15, 0.2) is 41.3 Å². The molecule has 0 aliphatic carbocycles. The second-order valence-electron chi connectivity index (χ2n) is 7.98. The van der Waals surface area contributed by atoms with E-state index in [-0.39, 0.29) is 10.7 Å². The van der Waals surface area contributed by atoms with E-state index in [1.54, 1.807) is 37.3 Å². The average Bonchev–Trinajstić information content (AvgIpc) is 2.93. The molecule has 2 saturated heterocycles. The zero-order chi connectivity index (χ0) is 21.7. The fourth-order valence-corrected chi connectivity index (χ4v) is 5.19. The van der Waals surface area contributed by atoms with Gasteiger partial charge in [0.25, 0.3) is 0 Å². The molecule has 2 fully saturated rings. The first-order chi connectivity index (χ1) is 14.1. The van der Waals surface area contributed by atoms with Crippen molar-refractivity contribution < 1.29 is 22.7 Å². The lowest BCUT2D eigenvalue weighted by molar-refractivity contribution is -0.153. The molecule has 1 N–H and O–H groups in total. The largest absolute Gasteiger partial charge is 0.449 e. The van der Waals surface area contributed by atoms with E-state index >= 15 is 0 Å². The molecule has 2 aliphatic rings.